The second-order valence-electron chi connectivity index (χ2n) is 4.97. The summed E-state index contributed by atoms with van der Waals surface area (Å²) < 4.78 is 40.6. The second-order valence-corrected chi connectivity index (χ2v) is 7.64. The highest BCUT2D eigenvalue weighted by Crippen LogP contribution is 2.31. The molecule has 1 aliphatic rings. The fraction of sp³-hybridized carbons (Fsp3) is 0.538. The molecule has 0 radical (unpaired) electrons. The summed E-state index contributed by atoms with van der Waals surface area (Å²) in [6, 6.07) is 2.42. The highest BCUT2D eigenvalue weighted by molar-refractivity contribution is 7.89. The zero-order valence-corrected chi connectivity index (χ0v) is 13.4. The van der Waals surface area contributed by atoms with Crippen LogP contribution in [0.15, 0.2) is 17.0 Å². The van der Waals surface area contributed by atoms with E-state index in [-0.39, 0.29) is 22.5 Å². The van der Waals surface area contributed by atoms with Crippen molar-refractivity contribution in [3.8, 4) is 0 Å². The van der Waals surface area contributed by atoms with E-state index < -0.39 is 20.7 Å². The maximum atomic E-state index is 14.2. The fourth-order valence-electron chi connectivity index (χ4n) is 2.52. The molecule has 7 heteroatoms. The maximum absolute atomic E-state index is 14.2. The Bertz CT molecular complexity index is 601. The van der Waals surface area contributed by atoms with E-state index in [1.54, 1.807) is 0 Å². The van der Waals surface area contributed by atoms with Crippen molar-refractivity contribution in [2.24, 2.45) is 0 Å². The molecule has 0 atom stereocenters. The van der Waals surface area contributed by atoms with E-state index in [0.29, 0.717) is 0 Å². The predicted molar refractivity (Wildman–Crippen MR) is 78.2 cm³/mol. The monoisotopic (exact) mass is 339 g/mol. The molecule has 0 amide bonds. The summed E-state index contributed by atoms with van der Waals surface area (Å²) in [6.45, 7) is 0. The average molecular weight is 340 g/mol. The molecule has 0 N–H and O–H groups in total. The Morgan fingerprint density at radius 1 is 1.35 bits per heavy atom. The summed E-state index contributed by atoms with van der Waals surface area (Å²) in [5.41, 5.74) is 0.0950. The lowest BCUT2D eigenvalue weighted by molar-refractivity contribution is 0.370. The van der Waals surface area contributed by atoms with Gasteiger partial charge in [-0.15, -0.1) is 11.6 Å². The Morgan fingerprint density at radius 3 is 2.50 bits per heavy atom. The Balaban J connectivity index is 2.45. The van der Waals surface area contributed by atoms with Crippen LogP contribution in [0.5, 0.6) is 0 Å². The zero-order valence-electron chi connectivity index (χ0n) is 11.1. The number of halogens is 3. The van der Waals surface area contributed by atoms with Crippen LogP contribution in [0, 0.1) is 5.82 Å². The summed E-state index contributed by atoms with van der Waals surface area (Å²) in [4.78, 5) is -0.393. The molecule has 0 bridgehead atoms. The van der Waals surface area contributed by atoms with Gasteiger partial charge in [-0.1, -0.05) is 24.4 Å². The van der Waals surface area contributed by atoms with Crippen molar-refractivity contribution in [3.05, 3.63) is 28.5 Å². The molecule has 0 aliphatic heterocycles. The van der Waals surface area contributed by atoms with E-state index in [1.165, 1.54) is 17.4 Å². The highest BCUT2D eigenvalue weighted by atomic mass is 35.5. The molecule has 3 nitrogen and oxygen atoms in total. The van der Waals surface area contributed by atoms with Gasteiger partial charge >= 0.3 is 0 Å². The minimum Gasteiger partial charge on any atom is -0.207 e. The molecule has 2 rings (SSSR count). The molecule has 1 aromatic carbocycles. The molecule has 0 aromatic heterocycles. The SMILES string of the molecule is CN(C1CCCC1)S(=O)(=O)c1cc(Cl)cc(CCl)c1F. The Hall–Kier alpha value is -0.360. The molecule has 0 saturated heterocycles. The van der Waals surface area contributed by atoms with Crippen LogP contribution in [0.4, 0.5) is 4.39 Å². The third kappa shape index (κ3) is 2.96. The van der Waals surface area contributed by atoms with Crippen molar-refractivity contribution >= 4 is 33.2 Å². The van der Waals surface area contributed by atoms with Crippen molar-refractivity contribution < 1.29 is 12.8 Å². The van der Waals surface area contributed by atoms with Gasteiger partial charge in [0, 0.05) is 23.7 Å². The quantitative estimate of drug-likeness (QED) is 0.782. The minimum atomic E-state index is -3.89. The number of hydrogen-bond acceptors (Lipinski definition) is 2. The van der Waals surface area contributed by atoms with Crippen molar-refractivity contribution in [1.82, 2.24) is 4.31 Å². The van der Waals surface area contributed by atoms with Crippen LogP contribution in [0.25, 0.3) is 0 Å². The van der Waals surface area contributed by atoms with E-state index >= 15 is 0 Å². The van der Waals surface area contributed by atoms with Crippen molar-refractivity contribution in [2.75, 3.05) is 7.05 Å². The third-order valence-corrected chi connectivity index (χ3v) is 6.13. The number of sulfonamides is 1. The van der Waals surface area contributed by atoms with Crippen LogP contribution in [-0.2, 0) is 15.9 Å². The normalized spacial score (nSPS) is 17.1. The van der Waals surface area contributed by atoms with Gasteiger partial charge in [-0.25, -0.2) is 12.8 Å². The summed E-state index contributed by atoms with van der Waals surface area (Å²) in [6.07, 6.45) is 3.60. The van der Waals surface area contributed by atoms with Crippen LogP contribution in [0.1, 0.15) is 31.2 Å². The lowest BCUT2D eigenvalue weighted by atomic mass is 10.2. The van der Waals surface area contributed by atoms with E-state index in [4.69, 9.17) is 23.2 Å². The van der Waals surface area contributed by atoms with Crippen LogP contribution in [0.3, 0.4) is 0 Å². The van der Waals surface area contributed by atoms with Crippen molar-refractivity contribution in [3.63, 3.8) is 0 Å². The van der Waals surface area contributed by atoms with Gasteiger partial charge in [0.15, 0.2) is 0 Å². The van der Waals surface area contributed by atoms with Gasteiger partial charge in [-0.05, 0) is 25.0 Å². The standard InChI is InChI=1S/C13H16Cl2FNO2S/c1-17(11-4-2-3-5-11)20(18,19)12-7-10(15)6-9(8-14)13(12)16/h6-7,11H,2-5,8H2,1H3. The summed E-state index contributed by atoms with van der Waals surface area (Å²) in [5, 5.41) is 0.167. The molecule has 1 fully saturated rings. The molecule has 1 aromatic rings. The van der Waals surface area contributed by atoms with Gasteiger partial charge in [0.2, 0.25) is 10.0 Å². The topological polar surface area (TPSA) is 37.4 Å². The number of alkyl halides is 1. The minimum absolute atomic E-state index is 0.0715. The lowest BCUT2D eigenvalue weighted by Crippen LogP contribution is -2.35. The third-order valence-electron chi connectivity index (χ3n) is 3.72. The molecule has 0 spiro atoms. The molecular formula is C13H16Cl2FNO2S. The molecule has 0 unspecified atom stereocenters. The lowest BCUT2D eigenvalue weighted by Gasteiger charge is -2.24. The highest BCUT2D eigenvalue weighted by Gasteiger charge is 2.32. The van der Waals surface area contributed by atoms with Gasteiger partial charge in [-0.2, -0.15) is 4.31 Å². The molecule has 20 heavy (non-hydrogen) atoms. The molecular weight excluding hydrogens is 324 g/mol. The predicted octanol–water partition coefficient (Wildman–Crippen LogP) is 3.78. The Kier molecular flexibility index (Phi) is 4.95. The van der Waals surface area contributed by atoms with Crippen molar-refractivity contribution in [1.29, 1.82) is 0 Å². The van der Waals surface area contributed by atoms with E-state index in [9.17, 15) is 12.8 Å². The number of hydrogen-bond donors (Lipinski definition) is 0. The van der Waals surface area contributed by atoms with Gasteiger partial charge in [0.25, 0.3) is 0 Å². The van der Waals surface area contributed by atoms with Crippen LogP contribution >= 0.6 is 23.2 Å². The first-order valence-electron chi connectivity index (χ1n) is 6.40. The average Bonchev–Trinajstić information content (AvgIpc) is 2.93. The molecule has 112 valence electrons. The maximum Gasteiger partial charge on any atom is 0.246 e. The van der Waals surface area contributed by atoms with E-state index in [1.807, 2.05) is 0 Å². The second kappa shape index (κ2) is 6.18. The molecule has 1 aliphatic carbocycles. The van der Waals surface area contributed by atoms with Crippen LogP contribution < -0.4 is 0 Å². The van der Waals surface area contributed by atoms with Gasteiger partial charge < -0.3 is 0 Å². The summed E-state index contributed by atoms with van der Waals surface area (Å²) in [7, 11) is -2.40. The first-order chi connectivity index (χ1) is 9.37. The molecule has 1 saturated carbocycles. The van der Waals surface area contributed by atoms with Crippen molar-refractivity contribution in [2.45, 2.75) is 42.5 Å². The van der Waals surface area contributed by atoms with Gasteiger partial charge in [-0.3, -0.25) is 0 Å². The van der Waals surface area contributed by atoms with Gasteiger partial charge in [0.1, 0.15) is 10.7 Å². The van der Waals surface area contributed by atoms with E-state index in [0.717, 1.165) is 31.7 Å². The number of benzene rings is 1. The Labute approximate surface area is 128 Å². The van der Waals surface area contributed by atoms with Crippen LogP contribution in [-0.4, -0.2) is 25.8 Å². The largest absolute Gasteiger partial charge is 0.246 e. The first-order valence-corrected chi connectivity index (χ1v) is 8.75. The molecule has 0 heterocycles. The zero-order chi connectivity index (χ0) is 14.9. The van der Waals surface area contributed by atoms with Crippen LogP contribution in [0.2, 0.25) is 5.02 Å². The number of nitrogens with zero attached hydrogens (tertiary/aromatic N) is 1. The summed E-state index contributed by atoms with van der Waals surface area (Å²) in [5.74, 6) is -0.934. The first kappa shape index (κ1) is 16.0. The van der Waals surface area contributed by atoms with Gasteiger partial charge in [0.05, 0.1) is 5.88 Å². The fourth-order valence-corrected chi connectivity index (χ4v) is 4.57. The number of rotatable bonds is 4. The Morgan fingerprint density at radius 2 is 1.95 bits per heavy atom. The van der Waals surface area contributed by atoms with E-state index in [2.05, 4.69) is 0 Å². The summed E-state index contributed by atoms with van der Waals surface area (Å²) >= 11 is 11.5. The smallest absolute Gasteiger partial charge is 0.207 e.